The van der Waals surface area contributed by atoms with Gasteiger partial charge in [-0.3, -0.25) is 4.79 Å². The number of aryl methyl sites for hydroxylation is 2. The van der Waals surface area contributed by atoms with Crippen LogP contribution in [0, 0.1) is 24.7 Å². The van der Waals surface area contributed by atoms with Gasteiger partial charge in [0.25, 0.3) is 0 Å². The highest BCUT2D eigenvalue weighted by Gasteiger charge is 2.33. The highest BCUT2D eigenvalue weighted by Crippen LogP contribution is 2.36. The van der Waals surface area contributed by atoms with Gasteiger partial charge in [-0.25, -0.2) is 0 Å². The van der Waals surface area contributed by atoms with Crippen molar-refractivity contribution in [2.45, 2.75) is 51.9 Å². The zero-order chi connectivity index (χ0) is 17.5. The Hall–Kier alpha value is -1.89. The summed E-state index contributed by atoms with van der Waals surface area (Å²) in [6, 6.07) is 8.88. The summed E-state index contributed by atoms with van der Waals surface area (Å²) in [5.74, 6) is 1.45. The minimum absolute atomic E-state index is 0.174. The Morgan fingerprint density at radius 3 is 2.40 bits per heavy atom. The zero-order valence-electron chi connectivity index (χ0n) is 15.4. The van der Waals surface area contributed by atoms with Crippen molar-refractivity contribution in [3.63, 3.8) is 0 Å². The van der Waals surface area contributed by atoms with E-state index in [1.54, 1.807) is 0 Å². The van der Waals surface area contributed by atoms with Crippen LogP contribution >= 0.6 is 0 Å². The molecule has 132 valence electrons. The highest BCUT2D eigenvalue weighted by atomic mass is 16.1. The van der Waals surface area contributed by atoms with Crippen molar-refractivity contribution in [1.29, 1.82) is 0 Å². The van der Waals surface area contributed by atoms with E-state index in [0.717, 1.165) is 25.7 Å². The molecule has 0 spiro atoms. The molecular formula is C24H30O. The van der Waals surface area contributed by atoms with E-state index in [-0.39, 0.29) is 11.8 Å². The maximum absolute atomic E-state index is 12.8. The van der Waals surface area contributed by atoms with Gasteiger partial charge in [0.05, 0.1) is 0 Å². The molecule has 0 aromatic heterocycles. The van der Waals surface area contributed by atoms with Crippen molar-refractivity contribution < 1.29 is 4.79 Å². The third kappa shape index (κ3) is 5.04. The quantitative estimate of drug-likeness (QED) is 0.604. The van der Waals surface area contributed by atoms with E-state index in [9.17, 15) is 4.79 Å². The van der Waals surface area contributed by atoms with Gasteiger partial charge in [0.2, 0.25) is 0 Å². The monoisotopic (exact) mass is 334 g/mol. The number of carbonyl (C=O) groups excluding carboxylic acids is 1. The van der Waals surface area contributed by atoms with E-state index in [2.05, 4.69) is 67.6 Å². The third-order valence-electron chi connectivity index (χ3n) is 5.70. The fourth-order valence-electron chi connectivity index (χ4n) is 4.31. The molecule has 1 nitrogen and oxygen atoms in total. The Kier molecular flexibility index (Phi) is 6.44. The van der Waals surface area contributed by atoms with Crippen LogP contribution < -0.4 is 0 Å². The summed E-state index contributed by atoms with van der Waals surface area (Å²) in [7, 11) is 0. The van der Waals surface area contributed by atoms with E-state index < -0.39 is 0 Å². The molecule has 0 aliphatic heterocycles. The van der Waals surface area contributed by atoms with Gasteiger partial charge in [0, 0.05) is 18.3 Å². The fraction of sp³-hybridized carbons (Fsp3) is 0.458. The van der Waals surface area contributed by atoms with Crippen LogP contribution in [0.2, 0.25) is 0 Å². The first-order valence-corrected chi connectivity index (χ1v) is 9.84. The van der Waals surface area contributed by atoms with Crippen LogP contribution in [0.15, 0.2) is 60.7 Å². The number of allylic oxidation sites excluding steroid dienone is 6. The Balaban J connectivity index is 1.65. The summed E-state index contributed by atoms with van der Waals surface area (Å²) < 4.78 is 0. The van der Waals surface area contributed by atoms with Crippen LogP contribution in [-0.4, -0.2) is 5.78 Å². The van der Waals surface area contributed by atoms with Gasteiger partial charge >= 0.3 is 0 Å². The van der Waals surface area contributed by atoms with Crippen molar-refractivity contribution in [1.82, 2.24) is 0 Å². The van der Waals surface area contributed by atoms with Gasteiger partial charge in [0.1, 0.15) is 5.78 Å². The van der Waals surface area contributed by atoms with Crippen LogP contribution in [0.4, 0.5) is 0 Å². The summed E-state index contributed by atoms with van der Waals surface area (Å²) >= 11 is 0. The molecule has 1 heteroatoms. The lowest BCUT2D eigenvalue weighted by Gasteiger charge is -2.28. The fourth-order valence-corrected chi connectivity index (χ4v) is 4.31. The summed E-state index contributed by atoms with van der Waals surface area (Å²) in [6.45, 7) is 2.13. The van der Waals surface area contributed by atoms with E-state index in [1.807, 2.05) is 0 Å². The molecule has 3 rings (SSSR count). The lowest BCUT2D eigenvalue weighted by atomic mass is 9.75. The van der Waals surface area contributed by atoms with Crippen molar-refractivity contribution >= 4 is 5.78 Å². The smallest absolute Gasteiger partial charge is 0.137 e. The van der Waals surface area contributed by atoms with Gasteiger partial charge in [-0.2, -0.15) is 0 Å². The van der Waals surface area contributed by atoms with E-state index in [4.69, 9.17) is 0 Å². The molecule has 0 unspecified atom stereocenters. The number of ketones is 1. The van der Waals surface area contributed by atoms with Crippen LogP contribution in [0.5, 0.6) is 0 Å². The molecule has 0 N–H and O–H groups in total. The van der Waals surface area contributed by atoms with Gasteiger partial charge < -0.3 is 0 Å². The van der Waals surface area contributed by atoms with E-state index >= 15 is 0 Å². The number of benzene rings is 1. The molecule has 2 aliphatic carbocycles. The maximum atomic E-state index is 12.8. The molecule has 1 aromatic carbocycles. The van der Waals surface area contributed by atoms with E-state index in [0.29, 0.717) is 11.7 Å². The average molecular weight is 335 g/mol. The maximum Gasteiger partial charge on any atom is 0.137 e. The lowest BCUT2D eigenvalue weighted by molar-refractivity contribution is -0.125. The molecule has 1 saturated carbocycles. The van der Waals surface area contributed by atoms with Gasteiger partial charge in [-0.1, -0.05) is 72.7 Å². The Bertz CT molecular complexity index is 631. The summed E-state index contributed by atoms with van der Waals surface area (Å²) in [6.07, 6.45) is 20.5. The summed E-state index contributed by atoms with van der Waals surface area (Å²) in [4.78, 5) is 12.8. The largest absolute Gasteiger partial charge is 0.299 e. The molecule has 25 heavy (non-hydrogen) atoms. The molecule has 0 saturated heterocycles. The minimum Gasteiger partial charge on any atom is -0.299 e. The molecule has 1 fully saturated rings. The SMILES string of the molecule is Cc1ccc(CCC[C@@H]2CCCCC(=O)[C@H]2C2C=CC=CC=C2)cc1. The molecule has 0 radical (unpaired) electrons. The van der Waals surface area contributed by atoms with Crippen LogP contribution in [0.3, 0.4) is 0 Å². The minimum atomic E-state index is 0.174. The van der Waals surface area contributed by atoms with Crippen molar-refractivity contribution in [3.05, 3.63) is 71.8 Å². The molecule has 0 heterocycles. The van der Waals surface area contributed by atoms with Crippen LogP contribution in [0.1, 0.15) is 49.7 Å². The molecule has 0 bridgehead atoms. The average Bonchev–Trinajstić information content (AvgIpc) is 2.97. The second kappa shape index (κ2) is 8.99. The molecule has 0 amide bonds. The second-order valence-electron chi connectivity index (χ2n) is 7.61. The molecule has 1 aromatic rings. The number of hydrogen-bond donors (Lipinski definition) is 0. The molecule has 2 aliphatic rings. The first-order chi connectivity index (χ1) is 12.2. The zero-order valence-corrected chi connectivity index (χ0v) is 15.4. The Morgan fingerprint density at radius 1 is 0.960 bits per heavy atom. The predicted octanol–water partition coefficient (Wildman–Crippen LogP) is 5.99. The van der Waals surface area contributed by atoms with Gasteiger partial charge in [0.15, 0.2) is 0 Å². The van der Waals surface area contributed by atoms with Crippen LogP contribution in [-0.2, 0) is 11.2 Å². The summed E-state index contributed by atoms with van der Waals surface area (Å²) in [5, 5.41) is 0. The number of rotatable bonds is 5. The summed E-state index contributed by atoms with van der Waals surface area (Å²) in [5.41, 5.74) is 2.74. The van der Waals surface area contributed by atoms with Crippen molar-refractivity contribution in [2.24, 2.45) is 17.8 Å². The highest BCUT2D eigenvalue weighted by molar-refractivity contribution is 5.82. The second-order valence-corrected chi connectivity index (χ2v) is 7.61. The number of carbonyl (C=O) groups is 1. The number of hydrogen-bond acceptors (Lipinski definition) is 1. The topological polar surface area (TPSA) is 17.1 Å². The Labute approximate surface area is 152 Å². The van der Waals surface area contributed by atoms with E-state index in [1.165, 1.54) is 30.4 Å². The third-order valence-corrected chi connectivity index (χ3v) is 5.70. The first-order valence-electron chi connectivity index (χ1n) is 9.84. The van der Waals surface area contributed by atoms with Gasteiger partial charge in [-0.15, -0.1) is 0 Å². The first kappa shape index (κ1) is 17.9. The molecular weight excluding hydrogens is 304 g/mol. The standard InChI is InChI=1S/C24H30O/c1-19-15-17-20(18-16-19)9-8-13-22-12-6-7-14-23(25)24(22)21-10-4-2-3-5-11-21/h2-5,10-11,15-18,21-22,24H,6-9,12-14H2,1H3/t22-,24-/m0/s1. The van der Waals surface area contributed by atoms with Gasteiger partial charge in [-0.05, 0) is 50.5 Å². The lowest BCUT2D eigenvalue weighted by Crippen LogP contribution is -2.28. The van der Waals surface area contributed by atoms with Crippen molar-refractivity contribution in [2.75, 3.05) is 0 Å². The predicted molar refractivity (Wildman–Crippen MR) is 105 cm³/mol. The van der Waals surface area contributed by atoms with Crippen LogP contribution in [0.25, 0.3) is 0 Å². The molecule has 2 atom stereocenters. The Morgan fingerprint density at radius 2 is 1.68 bits per heavy atom. The normalized spacial score (nSPS) is 24.3. The van der Waals surface area contributed by atoms with Crippen molar-refractivity contribution in [3.8, 4) is 0 Å². The number of Topliss-reactive ketones (excluding diaryl/α,β-unsaturated/α-hetero) is 1.